The number of methoxy groups -OCH3 is 2. The number of hydrogen-bond donors (Lipinski definition) is 1. The van der Waals surface area contributed by atoms with Gasteiger partial charge in [0.05, 0.1) is 19.8 Å². The van der Waals surface area contributed by atoms with E-state index in [2.05, 4.69) is 4.74 Å². The first-order chi connectivity index (χ1) is 9.70. The predicted molar refractivity (Wildman–Crippen MR) is 79.3 cm³/mol. The van der Waals surface area contributed by atoms with Crippen molar-refractivity contribution in [3.8, 4) is 5.75 Å². The van der Waals surface area contributed by atoms with Crippen LogP contribution in [0.2, 0.25) is 0 Å². The lowest BCUT2D eigenvalue weighted by atomic mass is 9.86. The summed E-state index contributed by atoms with van der Waals surface area (Å²) in [5.41, 5.74) is 1.18. The van der Waals surface area contributed by atoms with Crippen LogP contribution in [0.5, 0.6) is 5.75 Å². The molecular formula is C16H20O5. The van der Waals surface area contributed by atoms with Crippen molar-refractivity contribution in [2.24, 2.45) is 0 Å². The minimum Gasteiger partial charge on any atom is -0.507 e. The Morgan fingerprint density at radius 1 is 1.19 bits per heavy atom. The Morgan fingerprint density at radius 3 is 2.29 bits per heavy atom. The number of esters is 1. The lowest BCUT2D eigenvalue weighted by Gasteiger charge is -2.20. The van der Waals surface area contributed by atoms with Crippen molar-refractivity contribution in [1.29, 1.82) is 0 Å². The number of rotatable bonds is 4. The molecule has 0 atom stereocenters. The first-order valence-electron chi connectivity index (χ1n) is 6.42. The van der Waals surface area contributed by atoms with E-state index in [9.17, 15) is 14.7 Å². The van der Waals surface area contributed by atoms with Crippen LogP contribution in [0.3, 0.4) is 0 Å². The zero-order chi connectivity index (χ0) is 16.2. The first-order valence-corrected chi connectivity index (χ1v) is 6.42. The summed E-state index contributed by atoms with van der Waals surface area (Å²) >= 11 is 0. The van der Waals surface area contributed by atoms with Gasteiger partial charge in [-0.05, 0) is 23.1 Å². The normalized spacial score (nSPS) is 12.0. The minimum atomic E-state index is -1.03. The number of carbonyl (C=O) groups excluding carboxylic acids is 2. The molecule has 0 aromatic heterocycles. The van der Waals surface area contributed by atoms with Gasteiger partial charge in [0, 0.05) is 6.08 Å². The average molecular weight is 292 g/mol. The number of aliphatic hydroxyl groups excluding tert-OH is 1. The van der Waals surface area contributed by atoms with E-state index in [-0.39, 0.29) is 11.2 Å². The zero-order valence-corrected chi connectivity index (χ0v) is 12.9. The highest BCUT2D eigenvalue weighted by Gasteiger charge is 2.19. The molecule has 0 saturated carbocycles. The molecule has 0 aliphatic carbocycles. The van der Waals surface area contributed by atoms with E-state index >= 15 is 0 Å². The van der Waals surface area contributed by atoms with Crippen molar-refractivity contribution in [1.82, 2.24) is 0 Å². The van der Waals surface area contributed by atoms with Gasteiger partial charge in [-0.3, -0.25) is 4.79 Å². The van der Waals surface area contributed by atoms with Crippen LogP contribution in [0.25, 0.3) is 5.76 Å². The van der Waals surface area contributed by atoms with Crippen molar-refractivity contribution in [2.45, 2.75) is 26.2 Å². The van der Waals surface area contributed by atoms with Crippen LogP contribution in [-0.2, 0) is 19.7 Å². The van der Waals surface area contributed by atoms with Gasteiger partial charge in [-0.15, -0.1) is 0 Å². The number of ketones is 1. The number of aliphatic hydroxyl groups is 1. The van der Waals surface area contributed by atoms with Gasteiger partial charge in [-0.2, -0.15) is 0 Å². The van der Waals surface area contributed by atoms with Crippen LogP contribution < -0.4 is 4.74 Å². The molecule has 0 amide bonds. The largest absolute Gasteiger partial charge is 0.507 e. The lowest BCUT2D eigenvalue weighted by Crippen LogP contribution is -2.14. The topological polar surface area (TPSA) is 72.8 Å². The van der Waals surface area contributed by atoms with Crippen LogP contribution in [0, 0.1) is 0 Å². The summed E-state index contributed by atoms with van der Waals surface area (Å²) in [6, 6.07) is 5.33. The highest BCUT2D eigenvalue weighted by atomic mass is 16.5. The highest BCUT2D eigenvalue weighted by Crippen LogP contribution is 2.31. The van der Waals surface area contributed by atoms with E-state index in [4.69, 9.17) is 4.74 Å². The van der Waals surface area contributed by atoms with Gasteiger partial charge in [0.25, 0.3) is 5.78 Å². The second-order valence-electron chi connectivity index (χ2n) is 5.55. The molecule has 0 saturated heterocycles. The third-order valence-corrected chi connectivity index (χ3v) is 3.00. The molecule has 0 heterocycles. The Kier molecular flexibility index (Phi) is 5.13. The van der Waals surface area contributed by atoms with E-state index in [0.717, 1.165) is 18.7 Å². The van der Waals surface area contributed by atoms with Crippen molar-refractivity contribution < 1.29 is 24.2 Å². The molecule has 1 aromatic rings. The zero-order valence-electron chi connectivity index (χ0n) is 12.9. The molecule has 1 aromatic carbocycles. The quantitative estimate of drug-likeness (QED) is 0.400. The van der Waals surface area contributed by atoms with E-state index in [1.54, 1.807) is 12.1 Å². The van der Waals surface area contributed by atoms with Crippen LogP contribution in [0.15, 0.2) is 24.3 Å². The molecule has 0 fully saturated rings. The maximum absolute atomic E-state index is 11.5. The Bertz CT molecular complexity index is 579. The SMILES string of the molecule is COC(=O)C(=O)/C=C(\O)c1cc(C(C)(C)C)ccc1OC. The van der Waals surface area contributed by atoms with Crippen molar-refractivity contribution >= 4 is 17.5 Å². The van der Waals surface area contributed by atoms with Crippen molar-refractivity contribution in [2.75, 3.05) is 14.2 Å². The molecule has 1 rings (SSSR count). The maximum Gasteiger partial charge on any atom is 0.378 e. The fourth-order valence-electron chi connectivity index (χ4n) is 1.74. The summed E-state index contributed by atoms with van der Waals surface area (Å²) in [4.78, 5) is 22.6. The number of ether oxygens (including phenoxy) is 2. The summed E-state index contributed by atoms with van der Waals surface area (Å²) in [5, 5.41) is 10.1. The summed E-state index contributed by atoms with van der Waals surface area (Å²) in [5.74, 6) is -1.89. The number of carbonyl (C=O) groups is 2. The molecule has 0 spiro atoms. The second-order valence-corrected chi connectivity index (χ2v) is 5.55. The van der Waals surface area contributed by atoms with Gasteiger partial charge in [-0.1, -0.05) is 26.8 Å². The van der Waals surface area contributed by atoms with Crippen LogP contribution in [-0.4, -0.2) is 31.1 Å². The highest BCUT2D eigenvalue weighted by molar-refractivity contribution is 6.39. The predicted octanol–water partition coefficient (Wildman–Crippen LogP) is 2.63. The Balaban J connectivity index is 3.30. The van der Waals surface area contributed by atoms with Crippen molar-refractivity contribution in [3.63, 3.8) is 0 Å². The van der Waals surface area contributed by atoms with Crippen molar-refractivity contribution in [3.05, 3.63) is 35.4 Å². The summed E-state index contributed by atoms with van der Waals surface area (Å²) in [7, 11) is 2.57. The Morgan fingerprint density at radius 2 is 1.81 bits per heavy atom. The van der Waals surface area contributed by atoms with Crippen LogP contribution in [0.1, 0.15) is 31.9 Å². The molecule has 0 aliphatic heterocycles. The van der Waals surface area contributed by atoms with Gasteiger partial charge in [0.1, 0.15) is 11.5 Å². The second kappa shape index (κ2) is 6.43. The standard InChI is InChI=1S/C16H20O5/c1-16(2,3)10-6-7-14(20-4)11(8-10)12(17)9-13(18)15(19)21-5/h6-9,17H,1-5H3/b12-9-. The fraction of sp³-hybridized carbons (Fsp3) is 0.375. The monoisotopic (exact) mass is 292 g/mol. The molecule has 0 unspecified atom stereocenters. The fourth-order valence-corrected chi connectivity index (χ4v) is 1.74. The van der Waals surface area contributed by atoms with Gasteiger partial charge < -0.3 is 14.6 Å². The van der Waals surface area contributed by atoms with E-state index in [1.165, 1.54) is 7.11 Å². The Labute approximate surface area is 124 Å². The molecule has 21 heavy (non-hydrogen) atoms. The number of benzene rings is 1. The molecular weight excluding hydrogens is 272 g/mol. The lowest BCUT2D eigenvalue weighted by molar-refractivity contribution is -0.149. The van der Waals surface area contributed by atoms with Gasteiger partial charge in [-0.25, -0.2) is 4.79 Å². The van der Waals surface area contributed by atoms with E-state index in [0.29, 0.717) is 11.3 Å². The number of hydrogen-bond acceptors (Lipinski definition) is 5. The van der Waals surface area contributed by atoms with E-state index < -0.39 is 11.8 Å². The first kappa shape index (κ1) is 16.8. The molecule has 0 aliphatic rings. The summed E-state index contributed by atoms with van der Waals surface area (Å²) in [6.07, 6.45) is 0.829. The molecule has 0 bridgehead atoms. The molecule has 1 N–H and O–H groups in total. The third-order valence-electron chi connectivity index (χ3n) is 3.00. The van der Waals surface area contributed by atoms with Gasteiger partial charge in [0.2, 0.25) is 0 Å². The van der Waals surface area contributed by atoms with Crippen LogP contribution >= 0.6 is 0 Å². The summed E-state index contributed by atoms with van der Waals surface area (Å²) < 4.78 is 9.48. The van der Waals surface area contributed by atoms with Gasteiger partial charge >= 0.3 is 5.97 Å². The molecule has 114 valence electrons. The molecule has 5 heteroatoms. The smallest absolute Gasteiger partial charge is 0.378 e. The Hall–Kier alpha value is -2.30. The molecule has 5 nitrogen and oxygen atoms in total. The van der Waals surface area contributed by atoms with E-state index in [1.807, 2.05) is 26.8 Å². The third kappa shape index (κ3) is 4.08. The van der Waals surface area contributed by atoms with Gasteiger partial charge in [0.15, 0.2) is 0 Å². The molecule has 0 radical (unpaired) electrons. The maximum atomic E-state index is 11.5. The average Bonchev–Trinajstić information content (AvgIpc) is 2.44. The summed E-state index contributed by atoms with van der Waals surface area (Å²) in [6.45, 7) is 6.08. The van der Waals surface area contributed by atoms with Crippen LogP contribution in [0.4, 0.5) is 0 Å². The minimum absolute atomic E-state index is 0.131.